The Kier molecular flexibility index (Phi) is 38.8. The van der Waals surface area contributed by atoms with Gasteiger partial charge in [-0.2, -0.15) is 12.8 Å². The van der Waals surface area contributed by atoms with Gasteiger partial charge >= 0.3 is 16.5 Å². The van der Waals surface area contributed by atoms with E-state index in [9.17, 15) is 5.53 Å². The Morgan fingerprint density at radius 2 is 0.627 bits per heavy atom. The third-order valence-electron chi connectivity index (χ3n) is 11.7. The molecule has 1 heterocycles. The zero-order chi connectivity index (χ0) is 42.5. The smallest absolute Gasteiger partial charge is 0.493 e. The maximum Gasteiger partial charge on any atom is 2.00 e. The number of nitrogens with zero attached hydrogens (tertiary/aromatic N) is 2. The van der Waals surface area contributed by atoms with E-state index in [0.29, 0.717) is 0 Å². The predicted molar refractivity (Wildman–Crippen MR) is 261 cm³/mol. The molecule has 0 N–H and O–H groups in total. The van der Waals surface area contributed by atoms with Crippen molar-refractivity contribution in [1.82, 2.24) is 0 Å². The second-order valence-corrected chi connectivity index (χ2v) is 17.1. The van der Waals surface area contributed by atoms with Crippen LogP contribution in [-0.4, -0.2) is 4.70 Å². The molecule has 2 aromatic carbocycles. The van der Waals surface area contributed by atoms with Crippen LogP contribution in [0.5, 0.6) is 0 Å². The van der Waals surface area contributed by atoms with E-state index in [-0.39, 0.29) is 16.5 Å². The monoisotopic (exact) mass is 853 g/mol. The average molecular weight is 854 g/mol. The minimum atomic E-state index is 0. The van der Waals surface area contributed by atoms with E-state index >= 15 is 0 Å². The molecule has 2 nitrogen and oxygen atoms in total. The van der Waals surface area contributed by atoms with Gasteiger partial charge in [-0.1, -0.05) is 207 Å². The van der Waals surface area contributed by atoms with E-state index in [4.69, 9.17) is 0 Å². The van der Waals surface area contributed by atoms with Crippen LogP contribution in [0, 0.1) is 13.8 Å². The number of benzene rings is 2. The first kappa shape index (κ1) is 57.0. The molecule has 3 heteroatoms. The summed E-state index contributed by atoms with van der Waals surface area (Å²) in [5.74, 6) is 0. The van der Waals surface area contributed by atoms with Gasteiger partial charge in [0.2, 0.25) is 11.4 Å². The second kappa shape index (κ2) is 40.1. The maximum atomic E-state index is 11.7. The van der Waals surface area contributed by atoms with Gasteiger partial charge in [-0.3, -0.25) is 0 Å². The molecule has 1 aliphatic rings. The van der Waals surface area contributed by atoms with Gasteiger partial charge in [0.1, 0.15) is 0 Å². The van der Waals surface area contributed by atoms with Gasteiger partial charge in [0.05, 0.1) is 0 Å². The average Bonchev–Trinajstić information content (AvgIpc) is 3.53. The zero-order valence-corrected chi connectivity index (χ0v) is 40.9. The van der Waals surface area contributed by atoms with Crippen molar-refractivity contribution in [3.8, 4) is 0 Å². The summed E-state index contributed by atoms with van der Waals surface area (Å²) in [7, 11) is 0. The Labute approximate surface area is 379 Å². The van der Waals surface area contributed by atoms with Gasteiger partial charge in [-0.15, -0.1) is 0 Å². The number of hydrogen-bond donors (Lipinski definition) is 0. The molecule has 0 unspecified atom stereocenters. The minimum absolute atomic E-state index is 0. The molecule has 0 bridgehead atoms. The summed E-state index contributed by atoms with van der Waals surface area (Å²) < 4.78 is 1.53. The molecule has 0 atom stereocenters. The summed E-state index contributed by atoms with van der Waals surface area (Å²) >= 11 is 0. The van der Waals surface area contributed by atoms with Crippen LogP contribution in [0.3, 0.4) is 0 Å². The van der Waals surface area contributed by atoms with Crippen molar-refractivity contribution in [2.24, 2.45) is 0 Å². The summed E-state index contributed by atoms with van der Waals surface area (Å²) in [6.45, 7) is 21.2. The quantitative estimate of drug-likeness (QED) is 0.0303. The van der Waals surface area contributed by atoms with Gasteiger partial charge in [0, 0.05) is 22.3 Å². The van der Waals surface area contributed by atoms with Crippen molar-refractivity contribution in [2.75, 3.05) is 0 Å². The van der Waals surface area contributed by atoms with E-state index in [0.717, 1.165) is 73.9 Å². The Balaban J connectivity index is 0.00000120. The van der Waals surface area contributed by atoms with Gasteiger partial charge in [0.15, 0.2) is 0 Å². The molecule has 0 saturated carbocycles. The summed E-state index contributed by atoms with van der Waals surface area (Å²) in [6.07, 6.45) is 41.2. The maximum absolute atomic E-state index is 11.7. The van der Waals surface area contributed by atoms with Crippen molar-refractivity contribution >= 4 is 11.4 Å². The normalized spacial score (nSPS) is 12.3. The first-order valence-electron chi connectivity index (χ1n) is 25.2. The van der Waals surface area contributed by atoms with Crippen LogP contribution < -0.4 is 0 Å². The van der Waals surface area contributed by atoms with E-state index in [1.54, 1.807) is 0 Å². The topological polar surface area (TPSA) is 25.3 Å². The van der Waals surface area contributed by atoms with E-state index in [1.807, 2.05) is 0 Å². The van der Waals surface area contributed by atoms with Crippen LogP contribution in [-0.2, 0) is 29.3 Å². The van der Waals surface area contributed by atoms with Crippen LogP contribution in [0.25, 0.3) is 16.9 Å². The van der Waals surface area contributed by atoms with Crippen molar-refractivity contribution in [3.63, 3.8) is 0 Å². The van der Waals surface area contributed by atoms with Gasteiger partial charge in [-0.25, -0.2) is 4.70 Å². The van der Waals surface area contributed by atoms with Crippen molar-refractivity contribution in [2.45, 2.75) is 247 Å². The van der Waals surface area contributed by atoms with Gasteiger partial charge in [0.25, 0.3) is 0 Å². The Morgan fingerprint density at radius 3 is 0.949 bits per heavy atom. The molecule has 0 aliphatic carbocycles. The molecule has 0 amide bonds. The second-order valence-electron chi connectivity index (χ2n) is 17.1. The fourth-order valence-corrected chi connectivity index (χ4v) is 7.91. The Hall–Kier alpha value is -1.99. The van der Waals surface area contributed by atoms with Crippen LogP contribution in [0.15, 0.2) is 59.7 Å². The molecule has 3 rings (SSSR count). The fourth-order valence-electron chi connectivity index (χ4n) is 7.91. The predicted octanol–water partition coefficient (Wildman–Crippen LogP) is 19.4. The van der Waals surface area contributed by atoms with Crippen LogP contribution in [0.4, 0.5) is 0 Å². The van der Waals surface area contributed by atoms with Crippen LogP contribution >= 0.6 is 0 Å². The Bertz CT molecular complexity index is 1280. The third kappa shape index (κ3) is 25.5. The first-order chi connectivity index (χ1) is 28.5. The minimum Gasteiger partial charge on any atom is -0.493 e. The molecule has 1 aliphatic heterocycles. The van der Waals surface area contributed by atoms with E-state index in [2.05, 4.69) is 104 Å². The van der Waals surface area contributed by atoms with Crippen LogP contribution in [0.1, 0.15) is 256 Å². The van der Waals surface area contributed by atoms with Crippen molar-refractivity contribution < 1.29 is 21.2 Å². The number of unbranched alkanes of at least 4 members (excludes halogenated alkanes) is 22. The molecule has 338 valence electrons. The molecule has 0 aromatic heterocycles. The molecule has 0 saturated heterocycles. The number of allylic oxidation sites excluding steroid dienone is 2. The SMILES string of the molecule is CCCCCCC1=C(c2ccc(CCCC)cc2)[N+](=[N-])C(c2ccc(CCCC)cc2)=C1CCCC.[CH2-]CCCCCCCCCC.[CH2-]CCCCCCCCCC.[Ni+2]. The number of hydrogen-bond acceptors (Lipinski definition) is 0. The summed E-state index contributed by atoms with van der Waals surface area (Å²) in [5, 5.41) is 0. The van der Waals surface area contributed by atoms with Gasteiger partial charge in [-0.05, 0) is 86.8 Å². The van der Waals surface area contributed by atoms with Gasteiger partial charge < -0.3 is 19.4 Å². The Morgan fingerprint density at radius 1 is 0.356 bits per heavy atom. The standard InChI is InChI=1S/C34H48N2.2C11H23.Ni/c1-5-9-13-14-18-32-31(17-12-8-4)33(29-23-19-27(20-24-29)15-10-6-2)36(35)34(32)30-25-21-28(22-26-30)16-11-7-3;2*1-3-5-7-9-11-10-8-6-4-2;/h19-26H,5-18H2,1-4H3;2*1,3-11H2,2H3;/q;2*-1;+2. The summed E-state index contributed by atoms with van der Waals surface area (Å²) in [4.78, 5) is 0. The molecular formula is C56H94N2Ni. The number of rotatable bonds is 32. The summed E-state index contributed by atoms with van der Waals surface area (Å²) in [6, 6.07) is 17.9. The van der Waals surface area contributed by atoms with E-state index < -0.39 is 0 Å². The van der Waals surface area contributed by atoms with Crippen molar-refractivity contribution in [1.29, 1.82) is 0 Å². The molecule has 0 radical (unpaired) electrons. The largest absolute Gasteiger partial charge is 2.00 e. The number of aryl methyl sites for hydroxylation is 2. The first-order valence-corrected chi connectivity index (χ1v) is 25.2. The van der Waals surface area contributed by atoms with Crippen molar-refractivity contribution in [3.05, 3.63) is 101 Å². The summed E-state index contributed by atoms with van der Waals surface area (Å²) in [5.41, 5.74) is 21.5. The zero-order valence-electron chi connectivity index (χ0n) is 39.9. The molecular weight excluding hydrogens is 759 g/mol. The molecule has 2 aromatic rings. The molecule has 0 fully saturated rings. The van der Waals surface area contributed by atoms with E-state index in [1.165, 1.54) is 181 Å². The molecule has 0 spiro atoms. The fraction of sp³-hybridized carbons (Fsp3) is 0.679. The molecule has 59 heavy (non-hydrogen) atoms. The third-order valence-corrected chi connectivity index (χ3v) is 11.7. The van der Waals surface area contributed by atoms with Crippen LogP contribution in [0.2, 0.25) is 0 Å².